The predicted octanol–water partition coefficient (Wildman–Crippen LogP) is 2.98. The van der Waals surface area contributed by atoms with Gasteiger partial charge in [-0.05, 0) is 52.1 Å². The lowest BCUT2D eigenvalue weighted by molar-refractivity contribution is -0.118. The number of ether oxygens (including phenoxy) is 1. The number of aryl methyl sites for hydroxylation is 1. The van der Waals surface area contributed by atoms with Gasteiger partial charge in [0.1, 0.15) is 11.5 Å². The number of hydrogen-bond acceptors (Lipinski definition) is 3. The first-order valence-corrected chi connectivity index (χ1v) is 6.35. The molecule has 0 spiro atoms. The highest BCUT2D eigenvalue weighted by molar-refractivity contribution is 5.76. The van der Waals surface area contributed by atoms with Crippen molar-refractivity contribution in [1.29, 1.82) is 0 Å². The predicted molar refractivity (Wildman–Crippen MR) is 74.1 cm³/mol. The van der Waals surface area contributed by atoms with Crippen LogP contribution < -0.4 is 4.74 Å². The van der Waals surface area contributed by atoms with Crippen LogP contribution in [-0.4, -0.2) is 31.4 Å². The highest BCUT2D eigenvalue weighted by Crippen LogP contribution is 2.27. The Balaban J connectivity index is 2.99. The summed E-state index contributed by atoms with van der Waals surface area (Å²) in [6.45, 7) is 6.32. The Kier molecular flexibility index (Phi) is 5.35. The van der Waals surface area contributed by atoms with Gasteiger partial charge in [-0.1, -0.05) is 12.1 Å². The molecule has 0 fully saturated rings. The van der Waals surface area contributed by atoms with Crippen molar-refractivity contribution in [3.05, 3.63) is 29.3 Å². The van der Waals surface area contributed by atoms with Crippen LogP contribution in [0.4, 0.5) is 0 Å². The van der Waals surface area contributed by atoms with Crippen molar-refractivity contribution in [3.63, 3.8) is 0 Å². The second kappa shape index (κ2) is 6.55. The zero-order valence-electron chi connectivity index (χ0n) is 12.0. The first-order valence-electron chi connectivity index (χ1n) is 6.35. The minimum absolute atomic E-state index is 0.136. The maximum atomic E-state index is 11.3. The van der Waals surface area contributed by atoms with E-state index in [1.165, 1.54) is 0 Å². The largest absolute Gasteiger partial charge is 0.494 e. The summed E-state index contributed by atoms with van der Waals surface area (Å²) in [6, 6.07) is 6.28. The maximum absolute atomic E-state index is 11.3. The molecule has 1 atom stereocenters. The number of ketones is 1. The van der Waals surface area contributed by atoms with Crippen molar-refractivity contribution in [2.75, 3.05) is 20.7 Å². The second-order valence-corrected chi connectivity index (χ2v) is 4.84. The van der Waals surface area contributed by atoms with Gasteiger partial charge in [-0.3, -0.25) is 4.79 Å². The molecule has 18 heavy (non-hydrogen) atoms. The number of Topliss-reactive ketones (excluding diaryl/α,β-unsaturated/α-hetero) is 1. The molecule has 3 nitrogen and oxygen atoms in total. The Hall–Kier alpha value is -1.35. The third-order valence-electron chi connectivity index (χ3n) is 2.99. The van der Waals surface area contributed by atoms with Gasteiger partial charge >= 0.3 is 0 Å². The number of carbonyl (C=O) groups is 1. The molecule has 3 heteroatoms. The summed E-state index contributed by atoms with van der Waals surface area (Å²) in [5, 5.41) is 0. The Bertz CT molecular complexity index is 413. The topological polar surface area (TPSA) is 29.5 Å². The number of benzene rings is 1. The SMILES string of the molecule is CCOc1ccc(C(CC(C)=O)N(C)C)cc1C. The minimum Gasteiger partial charge on any atom is -0.494 e. The van der Waals surface area contributed by atoms with E-state index in [9.17, 15) is 4.79 Å². The Morgan fingerprint density at radius 2 is 2.06 bits per heavy atom. The van der Waals surface area contributed by atoms with Gasteiger partial charge in [0.25, 0.3) is 0 Å². The number of carbonyl (C=O) groups excluding carboxylic acids is 1. The van der Waals surface area contributed by atoms with E-state index in [0.717, 1.165) is 16.9 Å². The van der Waals surface area contributed by atoms with Crippen LogP contribution in [0, 0.1) is 6.92 Å². The summed E-state index contributed by atoms with van der Waals surface area (Å²) >= 11 is 0. The summed E-state index contributed by atoms with van der Waals surface area (Å²) in [7, 11) is 4.00. The van der Waals surface area contributed by atoms with Gasteiger partial charge in [0.05, 0.1) is 6.61 Å². The summed E-state index contributed by atoms with van der Waals surface area (Å²) in [5.41, 5.74) is 2.28. The lowest BCUT2D eigenvalue weighted by Crippen LogP contribution is -2.22. The zero-order chi connectivity index (χ0) is 13.7. The molecule has 0 bridgehead atoms. The zero-order valence-corrected chi connectivity index (χ0v) is 12.0. The quantitative estimate of drug-likeness (QED) is 0.776. The number of hydrogen-bond donors (Lipinski definition) is 0. The van der Waals surface area contributed by atoms with Crippen LogP contribution in [-0.2, 0) is 4.79 Å². The first kappa shape index (κ1) is 14.7. The maximum Gasteiger partial charge on any atom is 0.131 e. The highest BCUT2D eigenvalue weighted by Gasteiger charge is 2.17. The van der Waals surface area contributed by atoms with E-state index in [0.29, 0.717) is 13.0 Å². The standard InChI is InChI=1S/C15H23NO2/c1-6-18-15-8-7-13(9-11(15)2)14(16(4)5)10-12(3)17/h7-9,14H,6,10H2,1-5H3. The third-order valence-corrected chi connectivity index (χ3v) is 2.99. The molecule has 0 aliphatic carbocycles. The molecule has 0 aliphatic heterocycles. The molecule has 1 unspecified atom stereocenters. The van der Waals surface area contributed by atoms with Gasteiger partial charge in [-0.2, -0.15) is 0 Å². The molecule has 0 saturated carbocycles. The van der Waals surface area contributed by atoms with Gasteiger partial charge in [-0.15, -0.1) is 0 Å². The fourth-order valence-corrected chi connectivity index (χ4v) is 2.07. The van der Waals surface area contributed by atoms with E-state index in [2.05, 4.69) is 11.0 Å². The van der Waals surface area contributed by atoms with E-state index in [1.54, 1.807) is 6.92 Å². The fraction of sp³-hybridized carbons (Fsp3) is 0.533. The normalized spacial score (nSPS) is 12.6. The minimum atomic E-state index is 0.136. The summed E-state index contributed by atoms with van der Waals surface area (Å²) in [5.74, 6) is 1.13. The van der Waals surface area contributed by atoms with E-state index in [4.69, 9.17) is 4.74 Å². The second-order valence-electron chi connectivity index (χ2n) is 4.84. The third kappa shape index (κ3) is 3.84. The summed E-state index contributed by atoms with van der Waals surface area (Å²) in [6.07, 6.45) is 0.542. The molecule has 0 saturated heterocycles. The van der Waals surface area contributed by atoms with Crippen molar-refractivity contribution in [3.8, 4) is 5.75 Å². The fourth-order valence-electron chi connectivity index (χ4n) is 2.07. The lowest BCUT2D eigenvalue weighted by atomic mass is 9.99. The van der Waals surface area contributed by atoms with Gasteiger partial charge in [0.2, 0.25) is 0 Å². The van der Waals surface area contributed by atoms with Crippen LogP contribution in [0.3, 0.4) is 0 Å². The van der Waals surface area contributed by atoms with Crippen molar-refractivity contribution in [2.45, 2.75) is 33.2 Å². The Labute approximate surface area is 110 Å². The van der Waals surface area contributed by atoms with Gasteiger partial charge < -0.3 is 9.64 Å². The molecule has 0 aromatic heterocycles. The lowest BCUT2D eigenvalue weighted by Gasteiger charge is -2.24. The number of nitrogens with zero attached hydrogens (tertiary/aromatic N) is 1. The van der Waals surface area contributed by atoms with Gasteiger partial charge in [0.15, 0.2) is 0 Å². The smallest absolute Gasteiger partial charge is 0.131 e. The highest BCUT2D eigenvalue weighted by atomic mass is 16.5. The molecule has 1 aromatic rings. The van der Waals surface area contributed by atoms with Crippen LogP contribution in [0.15, 0.2) is 18.2 Å². The van der Waals surface area contributed by atoms with E-state index in [1.807, 2.05) is 40.1 Å². The van der Waals surface area contributed by atoms with Crippen LogP contribution >= 0.6 is 0 Å². The van der Waals surface area contributed by atoms with Gasteiger partial charge in [0, 0.05) is 12.5 Å². The average Bonchev–Trinajstić information content (AvgIpc) is 2.28. The Morgan fingerprint density at radius 1 is 1.39 bits per heavy atom. The molecular weight excluding hydrogens is 226 g/mol. The molecule has 1 aromatic carbocycles. The summed E-state index contributed by atoms with van der Waals surface area (Å²) < 4.78 is 5.53. The van der Waals surface area contributed by atoms with E-state index < -0.39 is 0 Å². The molecule has 0 amide bonds. The monoisotopic (exact) mass is 249 g/mol. The van der Waals surface area contributed by atoms with Crippen molar-refractivity contribution in [1.82, 2.24) is 4.90 Å². The summed E-state index contributed by atoms with van der Waals surface area (Å²) in [4.78, 5) is 13.4. The van der Waals surface area contributed by atoms with Crippen molar-refractivity contribution in [2.24, 2.45) is 0 Å². The van der Waals surface area contributed by atoms with E-state index >= 15 is 0 Å². The number of rotatable bonds is 6. The molecule has 0 aliphatic rings. The van der Waals surface area contributed by atoms with Crippen LogP contribution in [0.1, 0.15) is 37.4 Å². The van der Waals surface area contributed by atoms with Crippen LogP contribution in [0.2, 0.25) is 0 Å². The molecule has 0 N–H and O–H groups in total. The van der Waals surface area contributed by atoms with Crippen molar-refractivity contribution < 1.29 is 9.53 Å². The molecule has 100 valence electrons. The molecule has 0 radical (unpaired) electrons. The Morgan fingerprint density at radius 3 is 2.50 bits per heavy atom. The van der Waals surface area contributed by atoms with Crippen LogP contribution in [0.5, 0.6) is 5.75 Å². The van der Waals surface area contributed by atoms with Gasteiger partial charge in [-0.25, -0.2) is 0 Å². The van der Waals surface area contributed by atoms with E-state index in [-0.39, 0.29) is 11.8 Å². The molecule has 0 heterocycles. The van der Waals surface area contributed by atoms with Crippen LogP contribution in [0.25, 0.3) is 0 Å². The molecular formula is C15H23NO2. The van der Waals surface area contributed by atoms with Crippen molar-refractivity contribution >= 4 is 5.78 Å². The molecule has 1 rings (SSSR count). The average molecular weight is 249 g/mol. The first-order chi connectivity index (χ1) is 8.45.